The van der Waals surface area contributed by atoms with E-state index in [2.05, 4.69) is 15.9 Å². The van der Waals surface area contributed by atoms with Crippen LogP contribution in [0.3, 0.4) is 0 Å². The number of methoxy groups -OCH3 is 2. The molecule has 0 amide bonds. The maximum absolute atomic E-state index is 12.8. The molecule has 0 saturated carbocycles. The van der Waals surface area contributed by atoms with Crippen LogP contribution in [0.4, 0.5) is 0 Å². The molecule has 0 bridgehead atoms. The van der Waals surface area contributed by atoms with Crippen molar-refractivity contribution in [2.75, 3.05) is 27.4 Å². The number of sulfonamides is 1. The van der Waals surface area contributed by atoms with Crippen LogP contribution < -0.4 is 9.47 Å². The summed E-state index contributed by atoms with van der Waals surface area (Å²) in [5.41, 5.74) is 0. The Morgan fingerprint density at radius 2 is 1.95 bits per heavy atom. The summed E-state index contributed by atoms with van der Waals surface area (Å²) >= 11 is 3.27. The van der Waals surface area contributed by atoms with Crippen molar-refractivity contribution in [1.82, 2.24) is 4.31 Å². The van der Waals surface area contributed by atoms with Gasteiger partial charge in [0.1, 0.15) is 4.90 Å². The highest BCUT2D eigenvalue weighted by Gasteiger charge is 2.36. The van der Waals surface area contributed by atoms with E-state index in [0.29, 0.717) is 28.9 Å². The second-order valence-corrected chi connectivity index (χ2v) is 7.45. The van der Waals surface area contributed by atoms with Crippen LogP contribution in [0.25, 0.3) is 0 Å². The first kappa shape index (κ1) is 16.5. The number of aliphatic hydroxyl groups excluding tert-OH is 1. The van der Waals surface area contributed by atoms with E-state index in [1.54, 1.807) is 6.07 Å². The lowest BCUT2D eigenvalue weighted by Crippen LogP contribution is -2.37. The molecule has 1 heterocycles. The Morgan fingerprint density at radius 1 is 1.33 bits per heavy atom. The Balaban J connectivity index is 2.49. The molecule has 1 N–H and O–H groups in total. The molecule has 1 saturated heterocycles. The van der Waals surface area contributed by atoms with E-state index < -0.39 is 10.0 Å². The number of nitrogens with zero attached hydrogens (tertiary/aromatic N) is 1. The molecule has 0 spiro atoms. The average molecular weight is 380 g/mol. The zero-order valence-corrected chi connectivity index (χ0v) is 14.3. The molecule has 1 atom stereocenters. The topological polar surface area (TPSA) is 76.1 Å². The smallest absolute Gasteiger partial charge is 0.244 e. The van der Waals surface area contributed by atoms with Crippen LogP contribution in [0.5, 0.6) is 11.5 Å². The molecule has 1 aliphatic rings. The lowest BCUT2D eigenvalue weighted by molar-refractivity contribution is 0.213. The van der Waals surface area contributed by atoms with Crippen LogP contribution >= 0.6 is 15.9 Å². The van der Waals surface area contributed by atoms with E-state index >= 15 is 0 Å². The Labute approximate surface area is 132 Å². The molecule has 118 valence electrons. The number of halogens is 1. The van der Waals surface area contributed by atoms with Crippen LogP contribution in [0, 0.1) is 0 Å². The van der Waals surface area contributed by atoms with E-state index in [1.165, 1.54) is 24.6 Å². The number of benzene rings is 1. The van der Waals surface area contributed by atoms with Gasteiger partial charge in [0.25, 0.3) is 0 Å². The third-order valence-electron chi connectivity index (χ3n) is 3.56. The van der Waals surface area contributed by atoms with Crippen molar-refractivity contribution in [1.29, 1.82) is 0 Å². The standard InChI is InChI=1S/C13H18BrNO5S/c1-19-11-6-10(14)13(7-12(11)20-2)21(17,18)15-5-3-4-9(15)8-16/h6-7,9,16H,3-5,8H2,1-2H3/t9-/m1/s1. The van der Waals surface area contributed by atoms with Gasteiger partial charge in [0, 0.05) is 23.1 Å². The predicted molar refractivity (Wildman–Crippen MR) is 81.2 cm³/mol. The monoisotopic (exact) mass is 379 g/mol. The van der Waals surface area contributed by atoms with Crippen molar-refractivity contribution >= 4 is 26.0 Å². The third kappa shape index (κ3) is 3.03. The fourth-order valence-corrected chi connectivity index (χ4v) is 5.15. The lowest BCUT2D eigenvalue weighted by Gasteiger charge is -2.23. The first-order chi connectivity index (χ1) is 9.95. The lowest BCUT2D eigenvalue weighted by atomic mass is 10.2. The quantitative estimate of drug-likeness (QED) is 0.840. The molecule has 6 nitrogen and oxygen atoms in total. The highest BCUT2D eigenvalue weighted by atomic mass is 79.9. The molecule has 0 aromatic heterocycles. The SMILES string of the molecule is COc1cc(Br)c(S(=O)(=O)N2CCC[C@@H]2CO)cc1OC. The second kappa shape index (κ2) is 6.51. The minimum atomic E-state index is -3.70. The van der Waals surface area contributed by atoms with Crippen LogP contribution in [-0.2, 0) is 10.0 Å². The zero-order valence-electron chi connectivity index (χ0n) is 11.9. The summed E-state index contributed by atoms with van der Waals surface area (Å²) < 4.78 is 37.6. The van der Waals surface area contributed by atoms with E-state index in [9.17, 15) is 13.5 Å². The largest absolute Gasteiger partial charge is 0.493 e. The van der Waals surface area contributed by atoms with Gasteiger partial charge in [0.15, 0.2) is 11.5 Å². The van der Waals surface area contributed by atoms with E-state index in [0.717, 1.165) is 6.42 Å². The first-order valence-electron chi connectivity index (χ1n) is 6.50. The van der Waals surface area contributed by atoms with E-state index in [4.69, 9.17) is 9.47 Å². The molecule has 1 fully saturated rings. The molecular formula is C13H18BrNO5S. The van der Waals surface area contributed by atoms with Gasteiger partial charge in [0.05, 0.1) is 20.8 Å². The summed E-state index contributed by atoms with van der Waals surface area (Å²) in [6.45, 7) is 0.235. The maximum atomic E-state index is 12.8. The number of aliphatic hydroxyl groups is 1. The summed E-state index contributed by atoms with van der Waals surface area (Å²) in [5, 5.41) is 9.34. The van der Waals surface area contributed by atoms with Crippen LogP contribution in [0.2, 0.25) is 0 Å². The van der Waals surface area contributed by atoms with Crippen molar-refractivity contribution in [3.8, 4) is 11.5 Å². The summed E-state index contributed by atoms with van der Waals surface area (Å²) in [5.74, 6) is 0.794. The van der Waals surface area contributed by atoms with Crippen molar-refractivity contribution in [3.63, 3.8) is 0 Å². The molecular weight excluding hydrogens is 362 g/mol. The molecule has 1 aromatic rings. The predicted octanol–water partition coefficient (Wildman–Crippen LogP) is 1.61. The second-order valence-electron chi connectivity index (χ2n) is 4.73. The average Bonchev–Trinajstić information content (AvgIpc) is 2.95. The minimum Gasteiger partial charge on any atom is -0.493 e. The van der Waals surface area contributed by atoms with Gasteiger partial charge in [-0.2, -0.15) is 4.31 Å². The van der Waals surface area contributed by atoms with Gasteiger partial charge in [-0.1, -0.05) is 0 Å². The summed E-state index contributed by atoms with van der Waals surface area (Å²) in [4.78, 5) is 0.112. The molecule has 0 radical (unpaired) electrons. The van der Waals surface area contributed by atoms with Crippen LogP contribution in [-0.4, -0.2) is 51.2 Å². The van der Waals surface area contributed by atoms with Gasteiger partial charge in [-0.25, -0.2) is 8.42 Å². The highest BCUT2D eigenvalue weighted by molar-refractivity contribution is 9.10. The Morgan fingerprint density at radius 3 is 2.52 bits per heavy atom. The first-order valence-corrected chi connectivity index (χ1v) is 8.73. The van der Waals surface area contributed by atoms with Gasteiger partial charge in [-0.3, -0.25) is 0 Å². The summed E-state index contributed by atoms with van der Waals surface area (Å²) in [6.07, 6.45) is 1.41. The van der Waals surface area contributed by atoms with Crippen LogP contribution in [0.1, 0.15) is 12.8 Å². The number of ether oxygens (including phenoxy) is 2. The number of rotatable bonds is 5. The van der Waals surface area contributed by atoms with Crippen LogP contribution in [0.15, 0.2) is 21.5 Å². The Kier molecular flexibility index (Phi) is 5.13. The van der Waals surface area contributed by atoms with Gasteiger partial charge < -0.3 is 14.6 Å². The van der Waals surface area contributed by atoms with Crippen molar-refractivity contribution in [2.45, 2.75) is 23.8 Å². The number of hydrogen-bond donors (Lipinski definition) is 1. The van der Waals surface area contributed by atoms with Gasteiger partial charge in [-0.05, 0) is 34.8 Å². The normalized spacial score (nSPS) is 19.7. The van der Waals surface area contributed by atoms with E-state index in [1.807, 2.05) is 0 Å². The van der Waals surface area contributed by atoms with Gasteiger partial charge >= 0.3 is 0 Å². The van der Waals surface area contributed by atoms with Crippen molar-refractivity contribution < 1.29 is 23.0 Å². The summed E-state index contributed by atoms with van der Waals surface area (Å²) in [6, 6.07) is 2.63. The molecule has 8 heteroatoms. The van der Waals surface area contributed by atoms with E-state index in [-0.39, 0.29) is 17.5 Å². The Bertz CT molecular complexity index is 619. The fourth-order valence-electron chi connectivity index (χ4n) is 2.47. The molecule has 0 unspecified atom stereocenters. The maximum Gasteiger partial charge on any atom is 0.244 e. The molecule has 1 aliphatic heterocycles. The molecule has 1 aromatic carbocycles. The van der Waals surface area contributed by atoms with Crippen molar-refractivity contribution in [2.24, 2.45) is 0 Å². The van der Waals surface area contributed by atoms with Gasteiger partial charge in [0.2, 0.25) is 10.0 Å². The molecule has 0 aliphatic carbocycles. The molecule has 21 heavy (non-hydrogen) atoms. The Hall–Kier alpha value is -0.830. The summed E-state index contributed by atoms with van der Waals surface area (Å²) in [7, 11) is -0.758. The fraction of sp³-hybridized carbons (Fsp3) is 0.538. The number of hydrogen-bond acceptors (Lipinski definition) is 5. The zero-order chi connectivity index (χ0) is 15.6. The van der Waals surface area contributed by atoms with Gasteiger partial charge in [-0.15, -0.1) is 0 Å². The third-order valence-corrected chi connectivity index (χ3v) is 6.47. The molecule has 2 rings (SSSR count). The highest BCUT2D eigenvalue weighted by Crippen LogP contribution is 2.38. The van der Waals surface area contributed by atoms with Crippen molar-refractivity contribution in [3.05, 3.63) is 16.6 Å². The minimum absolute atomic E-state index is 0.112.